The van der Waals surface area contributed by atoms with Gasteiger partial charge in [-0.25, -0.2) is 9.97 Å². The minimum atomic E-state index is 0.442. The molecule has 0 unspecified atom stereocenters. The molecule has 0 fully saturated rings. The van der Waals surface area contributed by atoms with Crippen molar-refractivity contribution < 1.29 is 4.79 Å². The molecule has 3 nitrogen and oxygen atoms in total. The topological polar surface area (TPSA) is 42.9 Å². The second kappa shape index (κ2) is 5.29. The summed E-state index contributed by atoms with van der Waals surface area (Å²) in [7, 11) is 0. The lowest BCUT2D eigenvalue weighted by atomic mass is 10.2. The first-order valence-electron chi connectivity index (χ1n) is 4.90. The quantitative estimate of drug-likeness (QED) is 0.629. The Morgan fingerprint density at radius 2 is 2.00 bits per heavy atom. The van der Waals surface area contributed by atoms with Gasteiger partial charge < -0.3 is 0 Å². The molecule has 1 aromatic carbocycles. The Balaban J connectivity index is 2.21. The molecule has 0 N–H and O–H groups in total. The van der Waals surface area contributed by atoms with E-state index in [2.05, 4.69) is 9.97 Å². The van der Waals surface area contributed by atoms with Gasteiger partial charge in [0.25, 0.3) is 0 Å². The van der Waals surface area contributed by atoms with Gasteiger partial charge in [0.1, 0.15) is 0 Å². The molecule has 0 spiro atoms. The van der Waals surface area contributed by atoms with E-state index in [0.29, 0.717) is 15.7 Å². The summed E-state index contributed by atoms with van der Waals surface area (Å²) >= 11 is 7.34. The van der Waals surface area contributed by atoms with Gasteiger partial charge in [0.15, 0.2) is 11.4 Å². The summed E-state index contributed by atoms with van der Waals surface area (Å²) in [5.41, 5.74) is 1.50. The Morgan fingerprint density at radius 1 is 1.29 bits per heavy atom. The van der Waals surface area contributed by atoms with Gasteiger partial charge in [-0.05, 0) is 42.4 Å². The molecule has 86 valence electrons. The number of aromatic nitrogens is 2. The molecule has 0 amide bonds. The summed E-state index contributed by atoms with van der Waals surface area (Å²) in [6.45, 7) is 1.93. The number of aryl methyl sites for hydroxylation is 1. The van der Waals surface area contributed by atoms with Gasteiger partial charge in [-0.15, -0.1) is 0 Å². The van der Waals surface area contributed by atoms with Gasteiger partial charge in [0.05, 0.1) is 5.02 Å². The fourth-order valence-electron chi connectivity index (χ4n) is 1.21. The van der Waals surface area contributed by atoms with Crippen molar-refractivity contribution in [2.75, 3.05) is 0 Å². The molecule has 0 atom stereocenters. The van der Waals surface area contributed by atoms with Crippen LogP contribution in [0, 0.1) is 6.92 Å². The highest BCUT2D eigenvalue weighted by atomic mass is 35.5. The second-order valence-corrected chi connectivity index (χ2v) is 4.89. The highest BCUT2D eigenvalue weighted by Crippen LogP contribution is 2.28. The van der Waals surface area contributed by atoms with E-state index in [1.807, 2.05) is 13.0 Å². The third-order valence-corrected chi connectivity index (χ3v) is 3.28. The molecular formula is C12H9ClN2OS. The number of hydrogen-bond donors (Lipinski definition) is 0. The fourth-order valence-corrected chi connectivity index (χ4v) is 2.23. The largest absolute Gasteiger partial charge is 0.298 e. The van der Waals surface area contributed by atoms with Crippen LogP contribution in [0.3, 0.4) is 0 Å². The third-order valence-electron chi connectivity index (χ3n) is 2.07. The van der Waals surface area contributed by atoms with Gasteiger partial charge in [-0.2, -0.15) is 0 Å². The number of halogens is 1. The van der Waals surface area contributed by atoms with E-state index in [1.165, 1.54) is 11.8 Å². The van der Waals surface area contributed by atoms with Crippen molar-refractivity contribution in [2.24, 2.45) is 0 Å². The number of benzene rings is 1. The maximum atomic E-state index is 10.6. The number of carbonyl (C=O) groups excluding carboxylic acids is 1. The average Bonchev–Trinajstić information content (AvgIpc) is 2.32. The monoisotopic (exact) mass is 264 g/mol. The third kappa shape index (κ3) is 3.05. The van der Waals surface area contributed by atoms with E-state index in [1.54, 1.807) is 24.5 Å². The van der Waals surface area contributed by atoms with Crippen molar-refractivity contribution in [1.29, 1.82) is 0 Å². The van der Waals surface area contributed by atoms with Gasteiger partial charge in [0, 0.05) is 22.9 Å². The van der Waals surface area contributed by atoms with E-state index in [-0.39, 0.29) is 0 Å². The van der Waals surface area contributed by atoms with E-state index in [4.69, 9.17) is 11.6 Å². The molecule has 0 aliphatic rings. The molecule has 1 aromatic heterocycles. The van der Waals surface area contributed by atoms with Gasteiger partial charge in [0.2, 0.25) is 0 Å². The van der Waals surface area contributed by atoms with Crippen LogP contribution in [0.15, 0.2) is 40.6 Å². The first-order chi connectivity index (χ1) is 8.19. The van der Waals surface area contributed by atoms with Crippen LogP contribution in [0.4, 0.5) is 0 Å². The normalized spacial score (nSPS) is 10.2. The van der Waals surface area contributed by atoms with Crippen LogP contribution in [0.25, 0.3) is 0 Å². The fraction of sp³-hybridized carbons (Fsp3) is 0.0833. The highest BCUT2D eigenvalue weighted by Gasteiger charge is 2.04. The number of nitrogens with zero attached hydrogens (tertiary/aromatic N) is 2. The van der Waals surface area contributed by atoms with Crippen LogP contribution in [0.1, 0.15) is 15.9 Å². The number of rotatable bonds is 3. The molecule has 0 aliphatic carbocycles. The summed E-state index contributed by atoms with van der Waals surface area (Å²) in [5.74, 6) is 0. The van der Waals surface area contributed by atoms with Crippen LogP contribution < -0.4 is 0 Å². The SMILES string of the molecule is Cc1cnc(Sc2ccc(C=O)c(Cl)c2)nc1. The summed E-state index contributed by atoms with van der Waals surface area (Å²) in [6.07, 6.45) is 4.26. The maximum Gasteiger partial charge on any atom is 0.192 e. The summed E-state index contributed by atoms with van der Waals surface area (Å²) < 4.78 is 0. The maximum absolute atomic E-state index is 10.6. The lowest BCUT2D eigenvalue weighted by Crippen LogP contribution is -1.87. The van der Waals surface area contributed by atoms with Crippen molar-refractivity contribution >= 4 is 29.6 Å². The molecule has 17 heavy (non-hydrogen) atoms. The predicted molar refractivity (Wildman–Crippen MR) is 67.7 cm³/mol. The average molecular weight is 265 g/mol. The second-order valence-electron chi connectivity index (χ2n) is 3.45. The Kier molecular flexibility index (Phi) is 3.76. The zero-order chi connectivity index (χ0) is 12.3. The first-order valence-corrected chi connectivity index (χ1v) is 6.10. The van der Waals surface area contributed by atoms with Crippen LogP contribution in [0.2, 0.25) is 5.02 Å². The molecule has 0 aliphatic heterocycles. The molecule has 0 radical (unpaired) electrons. The Morgan fingerprint density at radius 3 is 2.59 bits per heavy atom. The first kappa shape index (κ1) is 12.1. The van der Waals surface area contributed by atoms with Crippen LogP contribution in [-0.4, -0.2) is 16.3 Å². The molecule has 5 heteroatoms. The number of hydrogen-bond acceptors (Lipinski definition) is 4. The molecule has 2 rings (SSSR count). The summed E-state index contributed by atoms with van der Waals surface area (Å²) in [5, 5.41) is 1.10. The van der Waals surface area contributed by atoms with Crippen molar-refractivity contribution in [3.05, 3.63) is 46.7 Å². The van der Waals surface area contributed by atoms with Gasteiger partial charge >= 0.3 is 0 Å². The van der Waals surface area contributed by atoms with Crippen LogP contribution >= 0.6 is 23.4 Å². The minimum absolute atomic E-state index is 0.442. The highest BCUT2D eigenvalue weighted by molar-refractivity contribution is 7.99. The van der Waals surface area contributed by atoms with Crippen molar-refractivity contribution in [3.63, 3.8) is 0 Å². The van der Waals surface area contributed by atoms with E-state index in [9.17, 15) is 4.79 Å². The van der Waals surface area contributed by atoms with Gasteiger partial charge in [-0.1, -0.05) is 11.6 Å². The Hall–Kier alpha value is -1.39. The zero-order valence-corrected chi connectivity index (χ0v) is 10.6. The summed E-state index contributed by atoms with van der Waals surface area (Å²) in [4.78, 5) is 19.9. The van der Waals surface area contributed by atoms with Crippen molar-refractivity contribution in [3.8, 4) is 0 Å². The smallest absolute Gasteiger partial charge is 0.192 e. The number of aldehydes is 1. The van der Waals surface area contributed by atoms with Crippen molar-refractivity contribution in [1.82, 2.24) is 9.97 Å². The summed E-state index contributed by atoms with van der Waals surface area (Å²) in [6, 6.07) is 5.24. The predicted octanol–water partition coefficient (Wildman–Crippen LogP) is 3.40. The van der Waals surface area contributed by atoms with E-state index >= 15 is 0 Å². The standard InChI is InChI=1S/C12H9ClN2OS/c1-8-5-14-12(15-6-8)17-10-3-2-9(7-16)11(13)4-10/h2-7H,1H3. The lowest BCUT2D eigenvalue weighted by Gasteiger charge is -2.02. The van der Waals surface area contributed by atoms with Crippen molar-refractivity contribution in [2.45, 2.75) is 17.0 Å². The van der Waals surface area contributed by atoms with E-state index in [0.717, 1.165) is 16.7 Å². The van der Waals surface area contributed by atoms with Crippen LogP contribution in [-0.2, 0) is 0 Å². The molecular weight excluding hydrogens is 256 g/mol. The van der Waals surface area contributed by atoms with Gasteiger partial charge in [-0.3, -0.25) is 4.79 Å². The Labute approximate surface area is 108 Å². The lowest BCUT2D eigenvalue weighted by molar-refractivity contribution is 0.112. The Bertz CT molecular complexity index is 543. The molecule has 0 saturated heterocycles. The molecule has 0 bridgehead atoms. The minimum Gasteiger partial charge on any atom is -0.298 e. The molecule has 2 aromatic rings. The molecule has 0 saturated carbocycles. The molecule has 1 heterocycles. The number of carbonyl (C=O) groups is 1. The van der Waals surface area contributed by atoms with E-state index < -0.39 is 0 Å². The van der Waals surface area contributed by atoms with Crippen LogP contribution in [0.5, 0.6) is 0 Å². The zero-order valence-electron chi connectivity index (χ0n) is 9.05.